The van der Waals surface area contributed by atoms with Crippen LogP contribution >= 0.6 is 11.5 Å². The van der Waals surface area contributed by atoms with Crippen LogP contribution in [0.5, 0.6) is 0 Å². The molecule has 3 nitrogen and oxygen atoms in total. The zero-order valence-electron chi connectivity index (χ0n) is 8.14. The Bertz CT molecular complexity index is 456. The maximum absolute atomic E-state index is 12.9. The Kier molecular flexibility index (Phi) is 2.75. The molecule has 0 saturated heterocycles. The number of benzene rings is 1. The van der Waals surface area contributed by atoms with Crippen molar-refractivity contribution in [3.05, 3.63) is 46.2 Å². The van der Waals surface area contributed by atoms with Gasteiger partial charge < -0.3 is 5.73 Å². The van der Waals surface area contributed by atoms with Crippen molar-refractivity contribution in [2.75, 3.05) is 0 Å². The van der Waals surface area contributed by atoms with Crippen molar-refractivity contribution in [3.63, 3.8) is 0 Å². The highest BCUT2D eigenvalue weighted by Gasteiger charge is 2.13. The molecule has 0 amide bonds. The minimum Gasteiger partial charge on any atom is -0.320 e. The number of nitrogens with two attached hydrogens (primary N) is 1. The van der Waals surface area contributed by atoms with Crippen LogP contribution in [0.2, 0.25) is 0 Å². The number of nitrogens with zero attached hydrogens (tertiary/aromatic N) is 2. The van der Waals surface area contributed by atoms with E-state index >= 15 is 0 Å². The molecule has 1 aromatic heterocycles. The molecule has 0 saturated carbocycles. The Hall–Kier alpha value is -1.33. The molecule has 0 aliphatic rings. The quantitative estimate of drug-likeness (QED) is 0.847. The maximum atomic E-state index is 12.9. The van der Waals surface area contributed by atoms with Crippen LogP contribution in [0.15, 0.2) is 24.4 Å². The van der Waals surface area contributed by atoms with E-state index in [0.29, 0.717) is 0 Å². The van der Waals surface area contributed by atoms with Crippen molar-refractivity contribution in [1.82, 2.24) is 9.59 Å². The summed E-state index contributed by atoms with van der Waals surface area (Å²) < 4.78 is 16.6. The van der Waals surface area contributed by atoms with E-state index < -0.39 is 0 Å². The second kappa shape index (κ2) is 4.04. The molecule has 0 bridgehead atoms. The molecule has 0 spiro atoms. The molecular weight excluding hydrogens is 213 g/mol. The molecule has 0 aliphatic heterocycles. The van der Waals surface area contributed by atoms with E-state index in [9.17, 15) is 4.39 Å². The van der Waals surface area contributed by atoms with Gasteiger partial charge in [-0.3, -0.25) is 0 Å². The van der Waals surface area contributed by atoms with E-state index in [-0.39, 0.29) is 11.9 Å². The summed E-state index contributed by atoms with van der Waals surface area (Å²) in [5.41, 5.74) is 7.77. The van der Waals surface area contributed by atoms with E-state index in [2.05, 4.69) is 9.59 Å². The van der Waals surface area contributed by atoms with E-state index in [1.165, 1.54) is 23.7 Å². The second-order valence-electron chi connectivity index (χ2n) is 3.30. The van der Waals surface area contributed by atoms with Gasteiger partial charge in [0, 0.05) is 0 Å². The maximum Gasteiger partial charge on any atom is 0.123 e. The highest BCUT2D eigenvalue weighted by Crippen LogP contribution is 2.24. The number of rotatable bonds is 2. The van der Waals surface area contributed by atoms with Gasteiger partial charge >= 0.3 is 0 Å². The monoisotopic (exact) mass is 223 g/mol. The van der Waals surface area contributed by atoms with Crippen LogP contribution in [0.25, 0.3) is 0 Å². The fourth-order valence-electron chi connectivity index (χ4n) is 1.45. The molecule has 2 aromatic rings. The van der Waals surface area contributed by atoms with Crippen molar-refractivity contribution in [2.24, 2.45) is 5.73 Å². The summed E-state index contributed by atoms with van der Waals surface area (Å²) in [6, 6.07) is 4.32. The van der Waals surface area contributed by atoms with Gasteiger partial charge in [0.25, 0.3) is 0 Å². The lowest BCUT2D eigenvalue weighted by atomic mass is 10.0. The second-order valence-corrected chi connectivity index (χ2v) is 4.12. The Labute approximate surface area is 90.9 Å². The van der Waals surface area contributed by atoms with Gasteiger partial charge in [-0.05, 0) is 41.7 Å². The number of hydrogen-bond donors (Lipinski definition) is 1. The van der Waals surface area contributed by atoms with Crippen molar-refractivity contribution in [3.8, 4) is 0 Å². The summed E-state index contributed by atoms with van der Waals surface area (Å²) >= 11 is 1.26. The fraction of sp³-hybridized carbons (Fsp3) is 0.200. The molecular formula is C10H10FN3S. The molecule has 2 N–H and O–H groups in total. The highest BCUT2D eigenvalue weighted by atomic mass is 32.1. The predicted molar refractivity (Wildman–Crippen MR) is 57.1 cm³/mol. The molecule has 1 atom stereocenters. The third-order valence-electron chi connectivity index (χ3n) is 2.25. The lowest BCUT2D eigenvalue weighted by Crippen LogP contribution is -2.11. The van der Waals surface area contributed by atoms with Gasteiger partial charge in [-0.2, -0.15) is 0 Å². The zero-order chi connectivity index (χ0) is 10.8. The molecule has 15 heavy (non-hydrogen) atoms. The van der Waals surface area contributed by atoms with E-state index in [0.717, 1.165) is 16.0 Å². The van der Waals surface area contributed by atoms with E-state index in [1.807, 2.05) is 6.92 Å². The van der Waals surface area contributed by atoms with Crippen molar-refractivity contribution < 1.29 is 4.39 Å². The fourth-order valence-corrected chi connectivity index (χ4v) is 1.98. The number of aromatic nitrogens is 2. The topological polar surface area (TPSA) is 51.8 Å². The van der Waals surface area contributed by atoms with Crippen LogP contribution < -0.4 is 5.73 Å². The lowest BCUT2D eigenvalue weighted by molar-refractivity contribution is 0.625. The third-order valence-corrected chi connectivity index (χ3v) is 3.00. The molecule has 0 fully saturated rings. The lowest BCUT2D eigenvalue weighted by Gasteiger charge is -2.11. The van der Waals surface area contributed by atoms with Gasteiger partial charge in [0.15, 0.2) is 0 Å². The minimum atomic E-state index is -0.273. The summed E-state index contributed by atoms with van der Waals surface area (Å²) in [4.78, 5) is 0.879. The van der Waals surface area contributed by atoms with Gasteiger partial charge in [0.1, 0.15) is 5.82 Å². The molecule has 5 heteroatoms. The smallest absolute Gasteiger partial charge is 0.123 e. The average Bonchev–Trinajstić information content (AvgIpc) is 2.69. The molecule has 1 unspecified atom stereocenters. The van der Waals surface area contributed by atoms with Crippen molar-refractivity contribution >= 4 is 11.5 Å². The molecule has 1 aromatic carbocycles. The summed E-state index contributed by atoms with van der Waals surface area (Å²) in [5.74, 6) is -0.245. The Morgan fingerprint density at radius 3 is 2.87 bits per heavy atom. The number of hydrogen-bond acceptors (Lipinski definition) is 4. The SMILES string of the molecule is Cc1cc(F)ccc1C(N)c1cnns1. The Morgan fingerprint density at radius 1 is 1.47 bits per heavy atom. The Morgan fingerprint density at radius 2 is 2.27 bits per heavy atom. The molecule has 0 radical (unpaired) electrons. The minimum absolute atomic E-state index is 0.245. The van der Waals surface area contributed by atoms with Crippen LogP contribution in [-0.4, -0.2) is 9.59 Å². The Balaban J connectivity index is 2.38. The predicted octanol–water partition coefficient (Wildman–Crippen LogP) is 2.03. The van der Waals surface area contributed by atoms with Gasteiger partial charge in [0.05, 0.1) is 17.1 Å². The zero-order valence-corrected chi connectivity index (χ0v) is 8.96. The summed E-state index contributed by atoms with van der Waals surface area (Å²) in [6.07, 6.45) is 1.64. The summed E-state index contributed by atoms with van der Waals surface area (Å²) in [7, 11) is 0. The van der Waals surface area contributed by atoms with Gasteiger partial charge in [-0.25, -0.2) is 4.39 Å². The van der Waals surface area contributed by atoms with Crippen LogP contribution in [0.1, 0.15) is 22.0 Å². The first kappa shape index (κ1) is 10.2. The highest BCUT2D eigenvalue weighted by molar-refractivity contribution is 7.05. The molecule has 0 aliphatic carbocycles. The van der Waals surface area contributed by atoms with Crippen LogP contribution in [-0.2, 0) is 0 Å². The van der Waals surface area contributed by atoms with Crippen molar-refractivity contribution in [1.29, 1.82) is 0 Å². The first-order valence-corrected chi connectivity index (χ1v) is 5.24. The van der Waals surface area contributed by atoms with Gasteiger partial charge in [-0.15, -0.1) is 5.10 Å². The average molecular weight is 223 g/mol. The van der Waals surface area contributed by atoms with Gasteiger partial charge in [-0.1, -0.05) is 10.6 Å². The summed E-state index contributed by atoms with van der Waals surface area (Å²) in [6.45, 7) is 1.84. The van der Waals surface area contributed by atoms with Crippen LogP contribution in [0.3, 0.4) is 0 Å². The molecule has 1 heterocycles. The third kappa shape index (κ3) is 2.03. The summed E-state index contributed by atoms with van der Waals surface area (Å²) in [5, 5.41) is 3.73. The van der Waals surface area contributed by atoms with E-state index in [4.69, 9.17) is 5.73 Å². The standard InChI is InChI=1S/C10H10FN3S/c1-6-4-7(11)2-3-8(6)10(12)9-5-13-14-15-9/h2-5,10H,12H2,1H3. The van der Waals surface area contributed by atoms with Crippen LogP contribution in [0, 0.1) is 12.7 Å². The molecule has 78 valence electrons. The van der Waals surface area contributed by atoms with Gasteiger partial charge in [0.2, 0.25) is 0 Å². The normalized spacial score (nSPS) is 12.7. The first-order chi connectivity index (χ1) is 7.18. The largest absolute Gasteiger partial charge is 0.320 e. The number of aryl methyl sites for hydroxylation is 1. The first-order valence-electron chi connectivity index (χ1n) is 4.47. The number of halogens is 1. The van der Waals surface area contributed by atoms with E-state index in [1.54, 1.807) is 12.3 Å². The van der Waals surface area contributed by atoms with Crippen molar-refractivity contribution in [2.45, 2.75) is 13.0 Å². The molecule has 2 rings (SSSR count). The van der Waals surface area contributed by atoms with Crippen LogP contribution in [0.4, 0.5) is 4.39 Å².